The summed E-state index contributed by atoms with van der Waals surface area (Å²) in [7, 11) is -3.32. The van der Waals surface area contributed by atoms with Gasteiger partial charge in [-0.15, -0.1) is 0 Å². The molecule has 22 heavy (non-hydrogen) atoms. The van der Waals surface area contributed by atoms with Crippen molar-refractivity contribution in [2.45, 2.75) is 19.3 Å². The summed E-state index contributed by atoms with van der Waals surface area (Å²) in [5.41, 5.74) is 1.13. The van der Waals surface area contributed by atoms with Crippen molar-refractivity contribution in [1.82, 2.24) is 10.2 Å². The second kappa shape index (κ2) is 8.29. The Kier molecular flexibility index (Phi) is 6.39. The van der Waals surface area contributed by atoms with Gasteiger partial charge in [-0.3, -0.25) is 4.79 Å². The quantitative estimate of drug-likeness (QED) is 0.843. The highest BCUT2D eigenvalue weighted by Gasteiger charge is 2.22. The molecular formula is C16H24N2O3S. The molecule has 5 nitrogen and oxygen atoms in total. The van der Waals surface area contributed by atoms with Gasteiger partial charge in [0.1, 0.15) is 5.75 Å². The number of carbonyl (C=O) groups excluding carboxylic acids is 1. The third kappa shape index (κ3) is 5.77. The summed E-state index contributed by atoms with van der Waals surface area (Å²) in [6, 6.07) is 9.81. The van der Waals surface area contributed by atoms with Crippen LogP contribution in [0, 0.1) is 0 Å². The van der Waals surface area contributed by atoms with E-state index in [2.05, 4.69) is 5.32 Å². The zero-order chi connectivity index (χ0) is 15.8. The number of hydrogen-bond acceptors (Lipinski definition) is 4. The first-order valence-corrected chi connectivity index (χ1v) is 9.62. The highest BCUT2D eigenvalue weighted by molar-refractivity contribution is 7.92. The van der Waals surface area contributed by atoms with E-state index >= 15 is 0 Å². The molecule has 0 bridgehead atoms. The molecule has 1 amide bonds. The van der Waals surface area contributed by atoms with Gasteiger partial charge in [0, 0.05) is 19.6 Å². The molecule has 1 heterocycles. The molecule has 1 aromatic carbocycles. The third-order valence-electron chi connectivity index (χ3n) is 3.80. The molecule has 0 aromatic heterocycles. The Bertz CT molecular complexity index is 564. The highest BCUT2D eigenvalue weighted by Crippen LogP contribution is 2.06. The summed E-state index contributed by atoms with van der Waals surface area (Å²) in [6.45, 7) is 2.86. The lowest BCUT2D eigenvalue weighted by molar-refractivity contribution is -0.128. The Hall–Kier alpha value is -1.40. The summed E-state index contributed by atoms with van der Waals surface area (Å²) in [6.07, 6.45) is 2.16. The van der Waals surface area contributed by atoms with Crippen LogP contribution in [-0.4, -0.2) is 56.9 Å². The number of nitrogens with one attached hydrogen (secondary N) is 1. The van der Waals surface area contributed by atoms with Gasteiger partial charge in [-0.05, 0) is 31.4 Å². The van der Waals surface area contributed by atoms with Gasteiger partial charge in [0.05, 0.1) is 5.75 Å². The van der Waals surface area contributed by atoms with E-state index in [9.17, 15) is 13.2 Å². The Morgan fingerprint density at radius 3 is 2.68 bits per heavy atom. The van der Waals surface area contributed by atoms with E-state index < -0.39 is 9.84 Å². The lowest BCUT2D eigenvalue weighted by Crippen LogP contribution is -2.38. The molecular weight excluding hydrogens is 300 g/mol. The SMILES string of the molecule is O=C(CS(=O)(=O)CCCc1ccccc1)N1CCCNCC1. The van der Waals surface area contributed by atoms with Crippen LogP contribution in [0.15, 0.2) is 30.3 Å². The van der Waals surface area contributed by atoms with Crippen molar-refractivity contribution in [3.05, 3.63) is 35.9 Å². The van der Waals surface area contributed by atoms with Crippen LogP contribution in [0.4, 0.5) is 0 Å². The van der Waals surface area contributed by atoms with Crippen molar-refractivity contribution in [1.29, 1.82) is 0 Å². The molecule has 1 aromatic rings. The van der Waals surface area contributed by atoms with Gasteiger partial charge in [0.25, 0.3) is 0 Å². The monoisotopic (exact) mass is 324 g/mol. The second-order valence-electron chi connectivity index (χ2n) is 5.67. The fourth-order valence-corrected chi connectivity index (χ4v) is 3.87. The van der Waals surface area contributed by atoms with Gasteiger partial charge < -0.3 is 10.2 Å². The Balaban J connectivity index is 1.78. The van der Waals surface area contributed by atoms with E-state index in [1.165, 1.54) is 0 Å². The number of aryl methyl sites for hydroxylation is 1. The van der Waals surface area contributed by atoms with Gasteiger partial charge in [-0.25, -0.2) is 8.42 Å². The molecule has 0 atom stereocenters. The molecule has 2 rings (SSSR count). The second-order valence-corrected chi connectivity index (χ2v) is 7.85. The van der Waals surface area contributed by atoms with Crippen LogP contribution in [0.1, 0.15) is 18.4 Å². The van der Waals surface area contributed by atoms with Crippen LogP contribution in [0.25, 0.3) is 0 Å². The molecule has 0 aliphatic carbocycles. The predicted octanol–water partition coefficient (Wildman–Crippen LogP) is 0.856. The van der Waals surface area contributed by atoms with Crippen LogP contribution in [0.2, 0.25) is 0 Å². The van der Waals surface area contributed by atoms with E-state index in [4.69, 9.17) is 0 Å². The molecule has 1 saturated heterocycles. The number of carbonyl (C=O) groups is 1. The van der Waals surface area contributed by atoms with Gasteiger partial charge >= 0.3 is 0 Å². The summed E-state index contributed by atoms with van der Waals surface area (Å²) in [4.78, 5) is 13.8. The van der Waals surface area contributed by atoms with Gasteiger partial charge in [-0.2, -0.15) is 0 Å². The lowest BCUT2D eigenvalue weighted by atomic mass is 10.1. The average molecular weight is 324 g/mol. The van der Waals surface area contributed by atoms with Crippen LogP contribution < -0.4 is 5.32 Å². The molecule has 0 saturated carbocycles. The van der Waals surface area contributed by atoms with Crippen molar-refractivity contribution in [3.63, 3.8) is 0 Å². The topological polar surface area (TPSA) is 66.5 Å². The van der Waals surface area contributed by atoms with Crippen molar-refractivity contribution in [3.8, 4) is 0 Å². The Morgan fingerprint density at radius 1 is 1.14 bits per heavy atom. The molecule has 6 heteroatoms. The first kappa shape index (κ1) is 17.0. The van der Waals surface area contributed by atoms with Crippen molar-refractivity contribution in [2.24, 2.45) is 0 Å². The minimum absolute atomic E-state index is 0.0692. The van der Waals surface area contributed by atoms with Gasteiger partial charge in [-0.1, -0.05) is 30.3 Å². The third-order valence-corrected chi connectivity index (χ3v) is 5.40. The van der Waals surface area contributed by atoms with Crippen LogP contribution in [-0.2, 0) is 21.1 Å². The minimum Gasteiger partial charge on any atom is -0.340 e. The summed E-state index contributed by atoms with van der Waals surface area (Å²) < 4.78 is 24.2. The maximum Gasteiger partial charge on any atom is 0.237 e. The fourth-order valence-electron chi connectivity index (χ4n) is 2.59. The molecule has 122 valence electrons. The van der Waals surface area contributed by atoms with Crippen LogP contribution in [0.3, 0.4) is 0 Å². The number of hydrogen-bond donors (Lipinski definition) is 1. The van der Waals surface area contributed by atoms with E-state index in [-0.39, 0.29) is 17.4 Å². The maximum atomic E-state index is 12.1. The summed E-state index contributed by atoms with van der Waals surface area (Å²) in [5.74, 6) is -0.551. The average Bonchev–Trinajstić information content (AvgIpc) is 2.77. The molecule has 0 spiro atoms. The number of rotatable bonds is 6. The smallest absolute Gasteiger partial charge is 0.237 e. The summed E-state index contributed by atoms with van der Waals surface area (Å²) >= 11 is 0. The van der Waals surface area contributed by atoms with Gasteiger partial charge in [0.15, 0.2) is 9.84 Å². The van der Waals surface area contributed by atoms with Crippen LogP contribution in [0.5, 0.6) is 0 Å². The van der Waals surface area contributed by atoms with E-state index in [0.717, 1.165) is 31.5 Å². The van der Waals surface area contributed by atoms with E-state index in [1.807, 2.05) is 30.3 Å². The molecule has 0 unspecified atom stereocenters. The highest BCUT2D eigenvalue weighted by atomic mass is 32.2. The Morgan fingerprint density at radius 2 is 1.91 bits per heavy atom. The molecule has 1 aliphatic heterocycles. The standard InChI is InChI=1S/C16H24N2O3S/c19-16(18-11-5-9-17-10-12-18)14-22(20,21)13-4-8-15-6-2-1-3-7-15/h1-3,6-7,17H,4-5,8-14H2. The largest absolute Gasteiger partial charge is 0.340 e. The van der Waals surface area contributed by atoms with E-state index in [1.54, 1.807) is 4.90 Å². The molecule has 1 aliphatic rings. The normalized spacial score (nSPS) is 16.3. The molecule has 1 fully saturated rings. The van der Waals surface area contributed by atoms with Crippen LogP contribution >= 0.6 is 0 Å². The first-order chi connectivity index (χ1) is 10.6. The first-order valence-electron chi connectivity index (χ1n) is 7.80. The van der Waals surface area contributed by atoms with Gasteiger partial charge in [0.2, 0.25) is 5.91 Å². The fraction of sp³-hybridized carbons (Fsp3) is 0.562. The molecule has 0 radical (unpaired) electrons. The lowest BCUT2D eigenvalue weighted by Gasteiger charge is -2.19. The molecule has 1 N–H and O–H groups in total. The number of sulfone groups is 1. The van der Waals surface area contributed by atoms with E-state index in [0.29, 0.717) is 19.5 Å². The van der Waals surface area contributed by atoms with Crippen molar-refractivity contribution < 1.29 is 13.2 Å². The number of benzene rings is 1. The predicted molar refractivity (Wildman–Crippen MR) is 87.5 cm³/mol. The zero-order valence-electron chi connectivity index (χ0n) is 12.8. The maximum absolute atomic E-state index is 12.1. The summed E-state index contributed by atoms with van der Waals surface area (Å²) in [5, 5.41) is 3.20. The van der Waals surface area contributed by atoms with Crippen molar-refractivity contribution >= 4 is 15.7 Å². The van der Waals surface area contributed by atoms with Crippen molar-refractivity contribution in [2.75, 3.05) is 37.7 Å². The zero-order valence-corrected chi connectivity index (χ0v) is 13.6. The number of nitrogens with zero attached hydrogens (tertiary/aromatic N) is 1. The Labute approximate surface area is 132 Å². The number of amides is 1. The minimum atomic E-state index is -3.32.